The van der Waals surface area contributed by atoms with E-state index in [1.807, 2.05) is 30.3 Å². The third-order valence-electron chi connectivity index (χ3n) is 5.16. The van der Waals surface area contributed by atoms with Crippen LogP contribution in [0.2, 0.25) is 0 Å². The number of benzene rings is 2. The van der Waals surface area contributed by atoms with Crippen LogP contribution in [0.1, 0.15) is 34.3 Å². The average molecular weight is 448 g/mol. The molecule has 9 heteroatoms. The molecular weight excluding hydrogens is 425 g/mol. The van der Waals surface area contributed by atoms with E-state index in [-0.39, 0.29) is 16.6 Å². The summed E-state index contributed by atoms with van der Waals surface area (Å²) in [4.78, 5) is -0.146. The zero-order valence-corrected chi connectivity index (χ0v) is 18.1. The van der Waals surface area contributed by atoms with Crippen LogP contribution in [0.15, 0.2) is 53.4 Å². The summed E-state index contributed by atoms with van der Waals surface area (Å²) in [6.07, 6.45) is 2.25. The molecule has 158 valence electrons. The molecule has 2 aromatic carbocycles. The number of sulfonamides is 1. The van der Waals surface area contributed by atoms with Crippen LogP contribution in [0.5, 0.6) is 5.75 Å². The van der Waals surface area contributed by atoms with Gasteiger partial charge in [-0.3, -0.25) is 0 Å². The molecule has 30 heavy (non-hydrogen) atoms. The normalized spacial score (nSPS) is 17.7. The van der Waals surface area contributed by atoms with Gasteiger partial charge in [0.2, 0.25) is 10.0 Å². The second kappa shape index (κ2) is 8.79. The number of halogens is 1. The van der Waals surface area contributed by atoms with Gasteiger partial charge in [0.05, 0.1) is 7.11 Å². The third kappa shape index (κ3) is 4.38. The summed E-state index contributed by atoms with van der Waals surface area (Å²) >= 11 is 1.52. The summed E-state index contributed by atoms with van der Waals surface area (Å²) in [6.45, 7) is 0.677. The fourth-order valence-electron chi connectivity index (χ4n) is 3.63. The molecule has 4 rings (SSSR count). The van der Waals surface area contributed by atoms with E-state index in [2.05, 4.69) is 10.2 Å². The van der Waals surface area contributed by atoms with Crippen LogP contribution in [0.4, 0.5) is 4.39 Å². The van der Waals surface area contributed by atoms with Gasteiger partial charge in [-0.05, 0) is 36.6 Å². The van der Waals surface area contributed by atoms with Gasteiger partial charge in [-0.1, -0.05) is 30.3 Å². The number of rotatable bonds is 6. The van der Waals surface area contributed by atoms with Gasteiger partial charge in [0.25, 0.3) is 0 Å². The number of nitrogens with zero attached hydrogens (tertiary/aromatic N) is 3. The van der Waals surface area contributed by atoms with E-state index in [0.717, 1.165) is 28.1 Å². The molecule has 1 aliphatic heterocycles. The van der Waals surface area contributed by atoms with Crippen molar-refractivity contribution in [2.24, 2.45) is 0 Å². The maximum absolute atomic E-state index is 13.7. The second-order valence-electron chi connectivity index (χ2n) is 7.19. The minimum absolute atomic E-state index is 0.0323. The molecule has 6 nitrogen and oxygen atoms in total. The molecule has 2 heterocycles. The molecule has 0 spiro atoms. The van der Waals surface area contributed by atoms with Crippen molar-refractivity contribution in [1.82, 2.24) is 14.5 Å². The Bertz CT molecular complexity index is 1120. The standard InChI is InChI=1S/C21H22FN3O3S2/c1-28-18-10-9-17(22)13-19(18)30(26,27)25-11-5-8-16(14-25)21-24-23-20(29-21)12-15-6-3-2-4-7-15/h2-4,6-7,9-10,13,16H,5,8,11-12,14H2,1H3. The van der Waals surface area contributed by atoms with Gasteiger partial charge in [0.15, 0.2) is 0 Å². The van der Waals surface area contributed by atoms with Crippen molar-refractivity contribution in [3.63, 3.8) is 0 Å². The summed E-state index contributed by atoms with van der Waals surface area (Å²) in [5, 5.41) is 10.4. The molecule has 0 N–H and O–H groups in total. The molecule has 3 aromatic rings. The van der Waals surface area contributed by atoms with Crippen molar-refractivity contribution in [2.75, 3.05) is 20.2 Å². The van der Waals surface area contributed by atoms with Crippen LogP contribution in [-0.2, 0) is 16.4 Å². The molecule has 0 bridgehead atoms. The van der Waals surface area contributed by atoms with Gasteiger partial charge in [-0.15, -0.1) is 21.5 Å². The molecule has 1 aromatic heterocycles. The van der Waals surface area contributed by atoms with E-state index >= 15 is 0 Å². The first kappa shape index (κ1) is 20.9. The Hall–Kier alpha value is -2.36. The average Bonchev–Trinajstić information content (AvgIpc) is 3.23. The topological polar surface area (TPSA) is 72.4 Å². The van der Waals surface area contributed by atoms with Crippen molar-refractivity contribution in [2.45, 2.75) is 30.1 Å². The number of hydrogen-bond acceptors (Lipinski definition) is 6. The highest BCUT2D eigenvalue weighted by Crippen LogP contribution is 2.34. The zero-order chi connectivity index (χ0) is 21.1. The van der Waals surface area contributed by atoms with E-state index < -0.39 is 15.8 Å². The van der Waals surface area contributed by atoms with Gasteiger partial charge in [0.1, 0.15) is 26.5 Å². The summed E-state index contributed by atoms with van der Waals surface area (Å²) < 4.78 is 46.7. The van der Waals surface area contributed by atoms with E-state index in [1.54, 1.807) is 0 Å². The van der Waals surface area contributed by atoms with Crippen molar-refractivity contribution in [3.05, 3.63) is 69.9 Å². The van der Waals surface area contributed by atoms with Crippen molar-refractivity contribution >= 4 is 21.4 Å². The number of aromatic nitrogens is 2. The minimum atomic E-state index is -3.89. The van der Waals surface area contributed by atoms with Gasteiger partial charge < -0.3 is 4.74 Å². The Morgan fingerprint density at radius 2 is 2.00 bits per heavy atom. The molecule has 0 saturated carbocycles. The van der Waals surface area contributed by atoms with Crippen LogP contribution in [0.3, 0.4) is 0 Å². The predicted octanol–water partition coefficient (Wildman–Crippen LogP) is 3.84. The number of ether oxygens (including phenoxy) is 1. The van der Waals surface area contributed by atoms with Gasteiger partial charge in [-0.2, -0.15) is 4.31 Å². The highest BCUT2D eigenvalue weighted by Gasteiger charge is 2.34. The molecule has 1 atom stereocenters. The lowest BCUT2D eigenvalue weighted by Crippen LogP contribution is -2.39. The van der Waals surface area contributed by atoms with Crippen LogP contribution in [-0.4, -0.2) is 43.1 Å². The van der Waals surface area contributed by atoms with Crippen molar-refractivity contribution < 1.29 is 17.5 Å². The van der Waals surface area contributed by atoms with Crippen molar-refractivity contribution in [3.8, 4) is 5.75 Å². The maximum Gasteiger partial charge on any atom is 0.246 e. The van der Waals surface area contributed by atoms with Crippen LogP contribution < -0.4 is 4.74 Å². The maximum atomic E-state index is 13.7. The highest BCUT2D eigenvalue weighted by molar-refractivity contribution is 7.89. The monoisotopic (exact) mass is 447 g/mol. The fraction of sp³-hybridized carbons (Fsp3) is 0.333. The minimum Gasteiger partial charge on any atom is -0.495 e. The zero-order valence-electron chi connectivity index (χ0n) is 16.5. The quantitative estimate of drug-likeness (QED) is 0.574. The SMILES string of the molecule is COc1ccc(F)cc1S(=O)(=O)N1CCCC(c2nnc(Cc3ccccc3)s2)C1. The number of piperidine rings is 1. The Morgan fingerprint density at radius 3 is 2.77 bits per heavy atom. The Kier molecular flexibility index (Phi) is 6.12. The van der Waals surface area contributed by atoms with Crippen LogP contribution >= 0.6 is 11.3 Å². The number of hydrogen-bond donors (Lipinski definition) is 0. The first-order valence-electron chi connectivity index (χ1n) is 9.67. The molecule has 0 amide bonds. The van der Waals surface area contributed by atoms with E-state index in [4.69, 9.17) is 4.74 Å². The highest BCUT2D eigenvalue weighted by atomic mass is 32.2. The lowest BCUT2D eigenvalue weighted by Gasteiger charge is -2.31. The van der Waals surface area contributed by atoms with Gasteiger partial charge in [0, 0.05) is 25.4 Å². The lowest BCUT2D eigenvalue weighted by atomic mass is 10.0. The molecule has 0 radical (unpaired) electrons. The summed E-state index contributed by atoms with van der Waals surface area (Å²) in [5.41, 5.74) is 1.16. The number of methoxy groups -OCH3 is 1. The second-order valence-corrected chi connectivity index (χ2v) is 10.2. The Morgan fingerprint density at radius 1 is 1.20 bits per heavy atom. The van der Waals surface area contributed by atoms with E-state index in [1.165, 1.54) is 34.9 Å². The largest absolute Gasteiger partial charge is 0.495 e. The third-order valence-corrected chi connectivity index (χ3v) is 8.13. The van der Waals surface area contributed by atoms with E-state index in [0.29, 0.717) is 25.9 Å². The smallest absolute Gasteiger partial charge is 0.246 e. The molecule has 1 fully saturated rings. The van der Waals surface area contributed by atoms with E-state index in [9.17, 15) is 12.8 Å². The van der Waals surface area contributed by atoms with Crippen LogP contribution in [0, 0.1) is 5.82 Å². The summed E-state index contributed by atoms with van der Waals surface area (Å²) in [6, 6.07) is 13.6. The summed E-state index contributed by atoms with van der Waals surface area (Å²) in [5.74, 6) is -0.507. The lowest BCUT2D eigenvalue weighted by molar-refractivity contribution is 0.312. The Labute approximate surface area is 179 Å². The predicted molar refractivity (Wildman–Crippen MR) is 113 cm³/mol. The summed E-state index contributed by atoms with van der Waals surface area (Å²) in [7, 11) is -2.51. The first-order chi connectivity index (χ1) is 14.5. The Balaban J connectivity index is 1.53. The molecule has 1 unspecified atom stereocenters. The van der Waals surface area contributed by atoms with Gasteiger partial charge in [-0.25, -0.2) is 12.8 Å². The first-order valence-corrected chi connectivity index (χ1v) is 11.9. The molecule has 0 aliphatic carbocycles. The fourth-order valence-corrected chi connectivity index (χ4v) is 6.32. The molecule has 1 saturated heterocycles. The van der Waals surface area contributed by atoms with Crippen LogP contribution in [0.25, 0.3) is 0 Å². The molecular formula is C21H22FN3O3S2. The van der Waals surface area contributed by atoms with Crippen molar-refractivity contribution in [1.29, 1.82) is 0 Å². The molecule has 1 aliphatic rings. The van der Waals surface area contributed by atoms with Gasteiger partial charge >= 0.3 is 0 Å².